The average molecular weight is 447 g/mol. The molecule has 0 radical (unpaired) electrons. The van der Waals surface area contributed by atoms with Crippen molar-refractivity contribution >= 4 is 35.1 Å². The fourth-order valence-corrected chi connectivity index (χ4v) is 3.46. The summed E-state index contributed by atoms with van der Waals surface area (Å²) in [7, 11) is 0. The summed E-state index contributed by atoms with van der Waals surface area (Å²) < 4.78 is 5.86. The molecule has 1 aromatic heterocycles. The monoisotopic (exact) mass is 446 g/mol. The van der Waals surface area contributed by atoms with Gasteiger partial charge in [0.1, 0.15) is 5.76 Å². The van der Waals surface area contributed by atoms with Crippen LogP contribution in [-0.4, -0.2) is 22.0 Å². The molecule has 0 fully saturated rings. The zero-order valence-electron chi connectivity index (χ0n) is 16.4. The second kappa shape index (κ2) is 9.32. The number of oxazole rings is 1. The van der Waals surface area contributed by atoms with E-state index in [0.29, 0.717) is 17.2 Å². The minimum Gasteiger partial charge on any atom is -0.481 e. The molecule has 30 heavy (non-hydrogen) atoms. The lowest BCUT2D eigenvalue weighted by molar-refractivity contribution is -0.137. The first kappa shape index (κ1) is 21.9. The molecule has 0 saturated carbocycles. The highest BCUT2D eigenvalue weighted by Gasteiger charge is 2.27. The number of nitrogens with zero attached hydrogens (tertiary/aromatic N) is 1. The molecule has 8 heteroatoms. The van der Waals surface area contributed by atoms with E-state index in [4.69, 9.17) is 27.6 Å². The Labute approximate surface area is 183 Å². The van der Waals surface area contributed by atoms with E-state index in [1.807, 2.05) is 44.2 Å². The Morgan fingerprint density at radius 2 is 1.80 bits per heavy atom. The van der Waals surface area contributed by atoms with Crippen molar-refractivity contribution in [3.63, 3.8) is 0 Å². The highest BCUT2D eigenvalue weighted by molar-refractivity contribution is 6.42. The molecule has 0 unspecified atom stereocenters. The predicted molar refractivity (Wildman–Crippen MR) is 115 cm³/mol. The van der Waals surface area contributed by atoms with Crippen molar-refractivity contribution in [3.05, 3.63) is 75.6 Å². The van der Waals surface area contributed by atoms with Crippen LogP contribution < -0.4 is 5.32 Å². The number of carbonyl (C=O) groups is 2. The van der Waals surface area contributed by atoms with E-state index in [2.05, 4.69) is 10.3 Å². The van der Waals surface area contributed by atoms with Crippen LogP contribution in [0.15, 0.2) is 52.9 Å². The summed E-state index contributed by atoms with van der Waals surface area (Å²) in [6.45, 7) is 3.77. The number of rotatable bonds is 7. The molecule has 1 heterocycles. The van der Waals surface area contributed by atoms with E-state index < -0.39 is 17.9 Å². The summed E-state index contributed by atoms with van der Waals surface area (Å²) in [6, 6.07) is 13.2. The molecule has 2 N–H and O–H groups in total. The SMILES string of the molecule is CC(C)c1oc(-c2ccccc2)nc1C(=O)N[C@@H](CC(=O)O)c1cccc(Cl)c1Cl. The van der Waals surface area contributed by atoms with Crippen LogP contribution in [0, 0.1) is 0 Å². The third kappa shape index (κ3) is 4.83. The fraction of sp³-hybridized carbons (Fsp3) is 0.227. The largest absolute Gasteiger partial charge is 0.481 e. The number of carbonyl (C=O) groups excluding carboxylic acids is 1. The van der Waals surface area contributed by atoms with Gasteiger partial charge in [-0.05, 0) is 23.8 Å². The van der Waals surface area contributed by atoms with Gasteiger partial charge in [0.25, 0.3) is 5.91 Å². The number of carboxylic acids is 1. The van der Waals surface area contributed by atoms with Gasteiger partial charge in [0, 0.05) is 11.5 Å². The average Bonchev–Trinajstić information content (AvgIpc) is 3.16. The second-order valence-electron chi connectivity index (χ2n) is 7.02. The van der Waals surface area contributed by atoms with Gasteiger partial charge in [-0.3, -0.25) is 9.59 Å². The number of nitrogens with one attached hydrogen (secondary N) is 1. The van der Waals surface area contributed by atoms with Crippen LogP contribution in [0.25, 0.3) is 11.5 Å². The molecule has 2 aromatic carbocycles. The van der Waals surface area contributed by atoms with E-state index in [1.54, 1.807) is 18.2 Å². The first-order chi connectivity index (χ1) is 14.3. The van der Waals surface area contributed by atoms with Crippen LogP contribution in [0.3, 0.4) is 0 Å². The van der Waals surface area contributed by atoms with Crippen LogP contribution in [0.1, 0.15) is 54.0 Å². The van der Waals surface area contributed by atoms with E-state index in [9.17, 15) is 14.7 Å². The molecule has 156 valence electrons. The Bertz CT molecular complexity index is 1060. The number of aromatic nitrogens is 1. The topological polar surface area (TPSA) is 92.4 Å². The molecule has 0 bridgehead atoms. The van der Waals surface area contributed by atoms with Crippen molar-refractivity contribution in [1.82, 2.24) is 10.3 Å². The molecular formula is C22H20Cl2N2O4. The third-order valence-corrected chi connectivity index (χ3v) is 5.29. The maximum atomic E-state index is 13.1. The van der Waals surface area contributed by atoms with Gasteiger partial charge < -0.3 is 14.8 Å². The smallest absolute Gasteiger partial charge is 0.305 e. The van der Waals surface area contributed by atoms with Crippen molar-refractivity contribution in [2.75, 3.05) is 0 Å². The first-order valence-electron chi connectivity index (χ1n) is 9.30. The molecule has 1 atom stereocenters. The lowest BCUT2D eigenvalue weighted by atomic mass is 10.0. The van der Waals surface area contributed by atoms with Crippen LogP contribution >= 0.6 is 23.2 Å². The van der Waals surface area contributed by atoms with Crippen LogP contribution in [0.4, 0.5) is 0 Å². The Morgan fingerprint density at radius 3 is 2.43 bits per heavy atom. The highest BCUT2D eigenvalue weighted by atomic mass is 35.5. The van der Waals surface area contributed by atoms with Gasteiger partial charge >= 0.3 is 5.97 Å². The van der Waals surface area contributed by atoms with E-state index in [-0.39, 0.29) is 28.1 Å². The molecular weight excluding hydrogens is 427 g/mol. The summed E-state index contributed by atoms with van der Waals surface area (Å²) in [6.07, 6.45) is -0.369. The standard InChI is InChI=1S/C22H20Cl2N2O4/c1-12(2)20-19(26-22(30-20)13-7-4-3-5-8-13)21(29)25-16(11-17(27)28)14-9-6-10-15(23)18(14)24/h3-10,12,16H,11H2,1-2H3,(H,25,29)(H,27,28)/t16-/m0/s1. The van der Waals surface area contributed by atoms with Gasteiger partial charge in [-0.25, -0.2) is 4.98 Å². The number of amides is 1. The number of hydrogen-bond donors (Lipinski definition) is 2. The number of benzene rings is 2. The number of aliphatic carboxylic acids is 1. The molecule has 0 aliphatic heterocycles. The fourth-order valence-electron chi connectivity index (χ4n) is 3.02. The maximum absolute atomic E-state index is 13.1. The van der Waals surface area contributed by atoms with Crippen LogP contribution in [0.2, 0.25) is 10.0 Å². The Kier molecular flexibility index (Phi) is 6.80. The summed E-state index contributed by atoms with van der Waals surface area (Å²) in [5, 5.41) is 12.5. The minimum atomic E-state index is -1.09. The summed E-state index contributed by atoms with van der Waals surface area (Å²) >= 11 is 12.3. The second-order valence-corrected chi connectivity index (χ2v) is 7.80. The normalized spacial score (nSPS) is 12.0. The van der Waals surface area contributed by atoms with Gasteiger partial charge in [-0.15, -0.1) is 0 Å². The summed E-state index contributed by atoms with van der Waals surface area (Å²) in [4.78, 5) is 28.9. The van der Waals surface area contributed by atoms with Crippen molar-refractivity contribution in [3.8, 4) is 11.5 Å². The van der Waals surface area contributed by atoms with Gasteiger partial charge in [0.05, 0.1) is 22.5 Å². The zero-order chi connectivity index (χ0) is 21.8. The Morgan fingerprint density at radius 1 is 1.10 bits per heavy atom. The molecule has 3 aromatic rings. The van der Waals surface area contributed by atoms with E-state index in [1.165, 1.54) is 0 Å². The van der Waals surface area contributed by atoms with Crippen molar-refractivity contribution in [1.29, 1.82) is 0 Å². The number of halogens is 2. The van der Waals surface area contributed by atoms with Gasteiger partial charge in [-0.2, -0.15) is 0 Å². The molecule has 6 nitrogen and oxygen atoms in total. The molecule has 1 amide bonds. The third-order valence-electron chi connectivity index (χ3n) is 4.45. The van der Waals surface area contributed by atoms with E-state index >= 15 is 0 Å². The number of carboxylic acid groups (broad SMARTS) is 1. The predicted octanol–water partition coefficient (Wildman–Crippen LogP) is 5.72. The molecule has 3 rings (SSSR count). The Balaban J connectivity index is 1.97. The van der Waals surface area contributed by atoms with E-state index in [0.717, 1.165) is 5.56 Å². The molecule has 0 saturated heterocycles. The van der Waals surface area contributed by atoms with Crippen LogP contribution in [-0.2, 0) is 4.79 Å². The van der Waals surface area contributed by atoms with Crippen molar-refractivity contribution in [2.45, 2.75) is 32.2 Å². The molecule has 0 aliphatic carbocycles. The lowest BCUT2D eigenvalue weighted by Crippen LogP contribution is -2.31. The van der Waals surface area contributed by atoms with Gasteiger partial charge in [0.15, 0.2) is 5.69 Å². The van der Waals surface area contributed by atoms with Crippen molar-refractivity contribution in [2.24, 2.45) is 0 Å². The number of hydrogen-bond acceptors (Lipinski definition) is 4. The Hall–Kier alpha value is -2.83. The van der Waals surface area contributed by atoms with Crippen LogP contribution in [0.5, 0.6) is 0 Å². The highest BCUT2D eigenvalue weighted by Crippen LogP contribution is 2.32. The van der Waals surface area contributed by atoms with Gasteiger partial charge in [0.2, 0.25) is 5.89 Å². The quantitative estimate of drug-likeness (QED) is 0.484. The summed E-state index contributed by atoms with van der Waals surface area (Å²) in [5.41, 5.74) is 1.26. The first-order valence-corrected chi connectivity index (χ1v) is 10.1. The molecule has 0 aliphatic rings. The van der Waals surface area contributed by atoms with Gasteiger partial charge in [-0.1, -0.05) is 67.4 Å². The molecule has 0 spiro atoms. The minimum absolute atomic E-state index is 0.108. The lowest BCUT2D eigenvalue weighted by Gasteiger charge is -2.19. The maximum Gasteiger partial charge on any atom is 0.305 e. The van der Waals surface area contributed by atoms with Crippen molar-refractivity contribution < 1.29 is 19.1 Å². The zero-order valence-corrected chi connectivity index (χ0v) is 17.9. The summed E-state index contributed by atoms with van der Waals surface area (Å²) in [5.74, 6) is -1.02.